The molecule has 2 aromatic rings. The largest absolute Gasteiger partial charge is 0.338 e. The molecule has 0 aromatic carbocycles. The summed E-state index contributed by atoms with van der Waals surface area (Å²) in [5.41, 5.74) is 2.44. The number of hydrogen-bond donors (Lipinski definition) is 0. The second kappa shape index (κ2) is 4.49. The number of carbonyl (C=O) groups excluding carboxylic acids is 1. The third kappa shape index (κ3) is 2.58. The van der Waals surface area contributed by atoms with E-state index >= 15 is 0 Å². The SMILES string of the molecule is Cc1cc(C(=O)Cc2nccn2C)cc(C)n1. The smallest absolute Gasteiger partial charge is 0.170 e. The van der Waals surface area contributed by atoms with Gasteiger partial charge in [-0.1, -0.05) is 0 Å². The lowest BCUT2D eigenvalue weighted by Crippen LogP contribution is -2.09. The van der Waals surface area contributed by atoms with Gasteiger partial charge in [0.25, 0.3) is 0 Å². The average Bonchev–Trinajstić information content (AvgIpc) is 2.63. The van der Waals surface area contributed by atoms with E-state index in [0.29, 0.717) is 12.0 Å². The van der Waals surface area contributed by atoms with Crippen molar-refractivity contribution in [2.24, 2.45) is 7.05 Å². The Morgan fingerprint density at radius 2 is 1.94 bits per heavy atom. The Balaban J connectivity index is 2.23. The van der Waals surface area contributed by atoms with Gasteiger partial charge in [0, 0.05) is 36.4 Å². The van der Waals surface area contributed by atoms with Crippen LogP contribution in [0, 0.1) is 13.8 Å². The lowest BCUT2D eigenvalue weighted by atomic mass is 10.1. The molecule has 0 N–H and O–H groups in total. The number of rotatable bonds is 3. The summed E-state index contributed by atoms with van der Waals surface area (Å²) in [4.78, 5) is 20.5. The molecule has 0 spiro atoms. The minimum Gasteiger partial charge on any atom is -0.338 e. The van der Waals surface area contributed by atoms with Crippen LogP contribution in [0.3, 0.4) is 0 Å². The molecule has 2 rings (SSSR count). The van der Waals surface area contributed by atoms with Gasteiger partial charge in [0.05, 0.1) is 6.42 Å². The normalized spacial score (nSPS) is 10.5. The molecule has 0 atom stereocenters. The molecule has 0 saturated heterocycles. The van der Waals surface area contributed by atoms with Gasteiger partial charge in [0.15, 0.2) is 5.78 Å². The molecule has 2 heterocycles. The molecule has 4 heteroatoms. The van der Waals surface area contributed by atoms with Gasteiger partial charge in [0.1, 0.15) is 5.82 Å². The summed E-state index contributed by atoms with van der Waals surface area (Å²) in [6.45, 7) is 3.79. The van der Waals surface area contributed by atoms with E-state index < -0.39 is 0 Å². The van der Waals surface area contributed by atoms with Crippen LogP contribution in [-0.4, -0.2) is 20.3 Å². The Labute approximate surface area is 100 Å². The van der Waals surface area contributed by atoms with Crippen molar-refractivity contribution >= 4 is 5.78 Å². The summed E-state index contributed by atoms with van der Waals surface area (Å²) in [6, 6.07) is 3.64. The number of aromatic nitrogens is 3. The van der Waals surface area contributed by atoms with Gasteiger partial charge < -0.3 is 4.57 Å². The Hall–Kier alpha value is -1.97. The molecule has 17 heavy (non-hydrogen) atoms. The van der Waals surface area contributed by atoms with E-state index in [-0.39, 0.29) is 5.78 Å². The maximum Gasteiger partial charge on any atom is 0.170 e. The summed E-state index contributed by atoms with van der Waals surface area (Å²) >= 11 is 0. The summed E-state index contributed by atoms with van der Waals surface area (Å²) in [7, 11) is 1.89. The molecule has 0 fully saturated rings. The number of Topliss-reactive ketones (excluding diaryl/α,β-unsaturated/α-hetero) is 1. The second-order valence-corrected chi connectivity index (χ2v) is 4.19. The van der Waals surface area contributed by atoms with Crippen LogP contribution in [0.2, 0.25) is 0 Å². The average molecular weight is 229 g/mol. The standard InChI is InChI=1S/C13H15N3O/c1-9-6-11(7-10(2)15-9)12(17)8-13-14-4-5-16(13)3/h4-7H,8H2,1-3H3. The van der Waals surface area contributed by atoms with Crippen LogP contribution in [0.25, 0.3) is 0 Å². The zero-order chi connectivity index (χ0) is 12.4. The highest BCUT2D eigenvalue weighted by molar-refractivity contribution is 5.97. The zero-order valence-electron chi connectivity index (χ0n) is 10.3. The van der Waals surface area contributed by atoms with Crippen molar-refractivity contribution in [3.8, 4) is 0 Å². The van der Waals surface area contributed by atoms with Crippen LogP contribution >= 0.6 is 0 Å². The van der Waals surface area contributed by atoms with Crippen LogP contribution in [0.1, 0.15) is 27.6 Å². The molecule has 88 valence electrons. The van der Waals surface area contributed by atoms with E-state index in [9.17, 15) is 4.79 Å². The van der Waals surface area contributed by atoms with Gasteiger partial charge in [-0.15, -0.1) is 0 Å². The summed E-state index contributed by atoms with van der Waals surface area (Å²) in [5.74, 6) is 0.856. The Morgan fingerprint density at radius 1 is 1.29 bits per heavy atom. The topological polar surface area (TPSA) is 47.8 Å². The van der Waals surface area contributed by atoms with Gasteiger partial charge in [-0.3, -0.25) is 9.78 Å². The fourth-order valence-electron chi connectivity index (χ4n) is 1.81. The van der Waals surface area contributed by atoms with Gasteiger partial charge >= 0.3 is 0 Å². The molecule has 0 aliphatic carbocycles. The first-order valence-electron chi connectivity index (χ1n) is 5.51. The molecule has 0 unspecified atom stereocenters. The lowest BCUT2D eigenvalue weighted by molar-refractivity contribution is 0.0989. The molecule has 0 amide bonds. The van der Waals surface area contributed by atoms with E-state index in [0.717, 1.165) is 17.2 Å². The van der Waals surface area contributed by atoms with E-state index in [1.54, 1.807) is 6.20 Å². The minimum absolute atomic E-state index is 0.0768. The molecule has 0 aliphatic heterocycles. The first-order valence-corrected chi connectivity index (χ1v) is 5.51. The molecule has 2 aromatic heterocycles. The number of imidazole rings is 1. The molecular formula is C13H15N3O. The fraction of sp³-hybridized carbons (Fsp3) is 0.308. The third-order valence-corrected chi connectivity index (χ3v) is 2.64. The van der Waals surface area contributed by atoms with E-state index in [4.69, 9.17) is 0 Å². The summed E-state index contributed by atoms with van der Waals surface area (Å²) in [5, 5.41) is 0. The predicted molar refractivity (Wildman–Crippen MR) is 65.0 cm³/mol. The van der Waals surface area contributed by atoms with Crippen LogP contribution in [0.4, 0.5) is 0 Å². The van der Waals surface area contributed by atoms with Crippen molar-refractivity contribution in [2.45, 2.75) is 20.3 Å². The summed E-state index contributed by atoms with van der Waals surface area (Å²) in [6.07, 6.45) is 3.86. The van der Waals surface area contributed by atoms with E-state index in [1.165, 1.54) is 0 Å². The van der Waals surface area contributed by atoms with Crippen molar-refractivity contribution in [1.82, 2.24) is 14.5 Å². The predicted octanol–water partition coefficient (Wildman–Crippen LogP) is 1.86. The number of carbonyl (C=O) groups is 1. The molecule has 0 aliphatic rings. The first-order chi connectivity index (χ1) is 8.06. The van der Waals surface area contributed by atoms with Crippen LogP contribution in [0.15, 0.2) is 24.5 Å². The highest BCUT2D eigenvalue weighted by Gasteiger charge is 2.11. The highest BCUT2D eigenvalue weighted by atomic mass is 16.1. The molecule has 0 saturated carbocycles. The van der Waals surface area contributed by atoms with Gasteiger partial charge in [-0.25, -0.2) is 4.98 Å². The van der Waals surface area contributed by atoms with Crippen molar-refractivity contribution in [3.63, 3.8) is 0 Å². The minimum atomic E-state index is 0.0768. The molecule has 0 bridgehead atoms. The Bertz CT molecular complexity index is 537. The van der Waals surface area contributed by atoms with E-state index in [1.807, 2.05) is 43.8 Å². The van der Waals surface area contributed by atoms with Gasteiger partial charge in [-0.2, -0.15) is 0 Å². The third-order valence-electron chi connectivity index (χ3n) is 2.64. The van der Waals surface area contributed by atoms with Gasteiger partial charge in [-0.05, 0) is 26.0 Å². The number of aryl methyl sites for hydroxylation is 3. The van der Waals surface area contributed by atoms with Crippen molar-refractivity contribution in [2.75, 3.05) is 0 Å². The quantitative estimate of drug-likeness (QED) is 0.755. The van der Waals surface area contributed by atoms with Crippen LogP contribution in [0.5, 0.6) is 0 Å². The lowest BCUT2D eigenvalue weighted by Gasteiger charge is -2.04. The Morgan fingerprint density at radius 3 is 2.47 bits per heavy atom. The van der Waals surface area contributed by atoms with Gasteiger partial charge in [0.2, 0.25) is 0 Å². The van der Waals surface area contributed by atoms with Crippen LogP contribution < -0.4 is 0 Å². The number of hydrogen-bond acceptors (Lipinski definition) is 3. The Kier molecular flexibility index (Phi) is 3.04. The maximum absolute atomic E-state index is 12.1. The zero-order valence-corrected chi connectivity index (χ0v) is 10.3. The summed E-state index contributed by atoms with van der Waals surface area (Å²) < 4.78 is 1.86. The number of ketones is 1. The van der Waals surface area contributed by atoms with E-state index in [2.05, 4.69) is 9.97 Å². The maximum atomic E-state index is 12.1. The van der Waals surface area contributed by atoms with Crippen molar-refractivity contribution < 1.29 is 4.79 Å². The second-order valence-electron chi connectivity index (χ2n) is 4.19. The fourth-order valence-corrected chi connectivity index (χ4v) is 1.81. The first kappa shape index (κ1) is 11.5. The van der Waals surface area contributed by atoms with Crippen molar-refractivity contribution in [1.29, 1.82) is 0 Å². The molecule has 4 nitrogen and oxygen atoms in total. The number of nitrogens with zero attached hydrogens (tertiary/aromatic N) is 3. The van der Waals surface area contributed by atoms with Crippen molar-refractivity contribution in [3.05, 3.63) is 47.3 Å². The molecule has 0 radical (unpaired) electrons. The van der Waals surface area contributed by atoms with Crippen LogP contribution in [-0.2, 0) is 13.5 Å². The highest BCUT2D eigenvalue weighted by Crippen LogP contribution is 2.09. The number of pyridine rings is 1. The monoisotopic (exact) mass is 229 g/mol. The molecular weight excluding hydrogens is 214 g/mol.